The molecule has 1 unspecified atom stereocenters. The second-order valence-corrected chi connectivity index (χ2v) is 7.64. The van der Waals surface area contributed by atoms with Crippen molar-refractivity contribution < 1.29 is 19.3 Å². The highest BCUT2D eigenvalue weighted by molar-refractivity contribution is 5.44. The van der Waals surface area contributed by atoms with Crippen LogP contribution in [0.15, 0.2) is 42.5 Å². The standard InChI is InChI=1S/C23H31NO4/c1-26-19-8-4-7-18(13-19)14-23(17-25)11-6-12-24(16-23)15-20-21(27-2)9-5-10-22(20)28-3/h4-5,7-10,13,25H,6,11-12,14-17H2,1-3H3. The van der Waals surface area contributed by atoms with Gasteiger partial charge in [-0.05, 0) is 55.6 Å². The van der Waals surface area contributed by atoms with Gasteiger partial charge in [0.05, 0.1) is 33.5 Å². The van der Waals surface area contributed by atoms with Crippen molar-refractivity contribution in [1.29, 1.82) is 0 Å². The average molecular weight is 386 g/mol. The molecular formula is C23H31NO4. The van der Waals surface area contributed by atoms with Gasteiger partial charge in [0, 0.05) is 18.5 Å². The lowest BCUT2D eigenvalue weighted by atomic mass is 9.75. The van der Waals surface area contributed by atoms with Gasteiger partial charge in [0.2, 0.25) is 0 Å². The van der Waals surface area contributed by atoms with E-state index in [9.17, 15) is 5.11 Å². The first kappa shape index (κ1) is 20.5. The molecule has 1 aliphatic rings. The fraction of sp³-hybridized carbons (Fsp3) is 0.478. The van der Waals surface area contributed by atoms with Crippen LogP contribution in [0.25, 0.3) is 0 Å². The van der Waals surface area contributed by atoms with Crippen molar-refractivity contribution in [3.63, 3.8) is 0 Å². The van der Waals surface area contributed by atoms with Crippen LogP contribution in [0.4, 0.5) is 0 Å². The zero-order valence-electron chi connectivity index (χ0n) is 17.1. The first-order chi connectivity index (χ1) is 13.6. The molecule has 5 nitrogen and oxygen atoms in total. The van der Waals surface area contributed by atoms with Gasteiger partial charge in [-0.2, -0.15) is 0 Å². The predicted molar refractivity (Wildman–Crippen MR) is 110 cm³/mol. The number of nitrogens with zero attached hydrogens (tertiary/aromatic N) is 1. The summed E-state index contributed by atoms with van der Waals surface area (Å²) in [5.74, 6) is 2.54. The summed E-state index contributed by atoms with van der Waals surface area (Å²) in [6.45, 7) is 2.75. The van der Waals surface area contributed by atoms with E-state index in [1.54, 1.807) is 21.3 Å². The number of aliphatic hydroxyl groups is 1. The molecule has 0 aromatic heterocycles. The van der Waals surface area contributed by atoms with Gasteiger partial charge in [0.25, 0.3) is 0 Å². The monoisotopic (exact) mass is 385 g/mol. The summed E-state index contributed by atoms with van der Waals surface area (Å²) in [4.78, 5) is 2.40. The van der Waals surface area contributed by atoms with E-state index in [1.807, 2.05) is 30.3 Å². The van der Waals surface area contributed by atoms with E-state index in [-0.39, 0.29) is 12.0 Å². The Bertz CT molecular complexity index is 757. The van der Waals surface area contributed by atoms with E-state index in [1.165, 1.54) is 5.56 Å². The molecular weight excluding hydrogens is 354 g/mol. The van der Waals surface area contributed by atoms with Gasteiger partial charge in [-0.3, -0.25) is 4.90 Å². The van der Waals surface area contributed by atoms with Gasteiger partial charge in [0.15, 0.2) is 0 Å². The van der Waals surface area contributed by atoms with Crippen molar-refractivity contribution in [2.24, 2.45) is 5.41 Å². The highest BCUT2D eigenvalue weighted by Gasteiger charge is 2.35. The second kappa shape index (κ2) is 9.30. The van der Waals surface area contributed by atoms with Crippen molar-refractivity contribution >= 4 is 0 Å². The molecule has 0 amide bonds. The Morgan fingerprint density at radius 3 is 2.36 bits per heavy atom. The van der Waals surface area contributed by atoms with E-state index in [4.69, 9.17) is 14.2 Å². The summed E-state index contributed by atoms with van der Waals surface area (Å²) < 4.78 is 16.5. The Hall–Kier alpha value is -2.24. The lowest BCUT2D eigenvalue weighted by Crippen LogP contribution is -2.46. The Morgan fingerprint density at radius 1 is 1.00 bits per heavy atom. The Labute approximate surface area is 167 Å². The molecule has 0 radical (unpaired) electrons. The maximum atomic E-state index is 10.3. The largest absolute Gasteiger partial charge is 0.497 e. The highest BCUT2D eigenvalue weighted by Crippen LogP contribution is 2.37. The number of hydrogen-bond acceptors (Lipinski definition) is 5. The summed E-state index contributed by atoms with van der Waals surface area (Å²) in [6, 6.07) is 14.0. The molecule has 3 rings (SSSR count). The van der Waals surface area contributed by atoms with Gasteiger partial charge < -0.3 is 19.3 Å². The van der Waals surface area contributed by atoms with Crippen molar-refractivity contribution in [1.82, 2.24) is 4.90 Å². The maximum Gasteiger partial charge on any atom is 0.127 e. The molecule has 0 aliphatic carbocycles. The quantitative estimate of drug-likeness (QED) is 0.753. The van der Waals surface area contributed by atoms with E-state index >= 15 is 0 Å². The molecule has 1 N–H and O–H groups in total. The molecule has 1 heterocycles. The molecule has 1 fully saturated rings. The Kier molecular flexibility index (Phi) is 6.81. The van der Waals surface area contributed by atoms with Crippen LogP contribution < -0.4 is 14.2 Å². The third-order valence-electron chi connectivity index (χ3n) is 5.70. The van der Waals surface area contributed by atoms with Crippen LogP contribution in [0, 0.1) is 5.41 Å². The Balaban J connectivity index is 1.78. The van der Waals surface area contributed by atoms with Crippen molar-refractivity contribution in [2.45, 2.75) is 25.8 Å². The molecule has 2 aromatic rings. The molecule has 1 atom stereocenters. The van der Waals surface area contributed by atoms with Gasteiger partial charge in [-0.1, -0.05) is 18.2 Å². The topological polar surface area (TPSA) is 51.2 Å². The van der Waals surface area contributed by atoms with Crippen molar-refractivity contribution in [2.75, 3.05) is 41.0 Å². The normalized spacial score (nSPS) is 20.0. The Morgan fingerprint density at radius 2 is 1.71 bits per heavy atom. The van der Waals surface area contributed by atoms with E-state index < -0.39 is 0 Å². The number of rotatable bonds is 8. The molecule has 0 saturated carbocycles. The summed E-state index contributed by atoms with van der Waals surface area (Å²) in [5.41, 5.74) is 2.10. The minimum atomic E-state index is -0.153. The number of methoxy groups -OCH3 is 3. The molecule has 152 valence electrons. The highest BCUT2D eigenvalue weighted by atomic mass is 16.5. The zero-order valence-corrected chi connectivity index (χ0v) is 17.1. The van der Waals surface area contributed by atoms with E-state index in [0.717, 1.165) is 61.7 Å². The number of likely N-dealkylation sites (tertiary alicyclic amines) is 1. The van der Waals surface area contributed by atoms with Crippen LogP contribution >= 0.6 is 0 Å². The molecule has 0 bridgehead atoms. The van der Waals surface area contributed by atoms with Crippen LogP contribution in [0.2, 0.25) is 0 Å². The average Bonchev–Trinajstić information content (AvgIpc) is 2.74. The van der Waals surface area contributed by atoms with Crippen LogP contribution in [-0.4, -0.2) is 51.0 Å². The summed E-state index contributed by atoms with van der Waals surface area (Å²) in [7, 11) is 5.06. The lowest BCUT2D eigenvalue weighted by molar-refractivity contribution is 0.0282. The zero-order chi connectivity index (χ0) is 20.0. The summed E-state index contributed by atoms with van der Waals surface area (Å²) in [6.07, 6.45) is 2.91. The predicted octanol–water partition coefficient (Wildman–Crippen LogP) is 3.53. The first-order valence-corrected chi connectivity index (χ1v) is 9.79. The summed E-state index contributed by atoms with van der Waals surface area (Å²) in [5, 5.41) is 10.3. The minimum absolute atomic E-state index is 0.153. The number of ether oxygens (including phenoxy) is 3. The van der Waals surface area contributed by atoms with Crippen molar-refractivity contribution in [3.05, 3.63) is 53.6 Å². The number of benzene rings is 2. The minimum Gasteiger partial charge on any atom is -0.497 e. The first-order valence-electron chi connectivity index (χ1n) is 9.79. The van der Waals surface area contributed by atoms with Gasteiger partial charge in [-0.25, -0.2) is 0 Å². The second-order valence-electron chi connectivity index (χ2n) is 7.64. The molecule has 2 aromatic carbocycles. The van der Waals surface area contributed by atoms with Gasteiger partial charge >= 0.3 is 0 Å². The van der Waals surface area contributed by atoms with Gasteiger partial charge in [-0.15, -0.1) is 0 Å². The lowest BCUT2D eigenvalue weighted by Gasteiger charge is -2.42. The van der Waals surface area contributed by atoms with E-state index in [2.05, 4.69) is 17.0 Å². The SMILES string of the molecule is COc1cccc(CC2(CO)CCCN(Cc3c(OC)cccc3OC)C2)c1. The van der Waals surface area contributed by atoms with Crippen LogP contribution in [0.3, 0.4) is 0 Å². The fourth-order valence-corrected chi connectivity index (χ4v) is 4.30. The van der Waals surface area contributed by atoms with Crippen molar-refractivity contribution in [3.8, 4) is 17.2 Å². The van der Waals surface area contributed by atoms with Gasteiger partial charge in [0.1, 0.15) is 17.2 Å². The van der Waals surface area contributed by atoms with Crippen LogP contribution in [-0.2, 0) is 13.0 Å². The molecule has 1 aliphatic heterocycles. The number of hydrogen-bond donors (Lipinski definition) is 1. The number of piperidine rings is 1. The van der Waals surface area contributed by atoms with E-state index in [0.29, 0.717) is 0 Å². The summed E-state index contributed by atoms with van der Waals surface area (Å²) >= 11 is 0. The molecule has 1 saturated heterocycles. The third-order valence-corrected chi connectivity index (χ3v) is 5.70. The maximum absolute atomic E-state index is 10.3. The van der Waals surface area contributed by atoms with Crippen LogP contribution in [0.1, 0.15) is 24.0 Å². The molecule has 5 heteroatoms. The number of aliphatic hydroxyl groups excluding tert-OH is 1. The third kappa shape index (κ3) is 4.59. The van der Waals surface area contributed by atoms with Crippen LogP contribution in [0.5, 0.6) is 17.2 Å². The molecule has 28 heavy (non-hydrogen) atoms. The molecule has 0 spiro atoms. The fourth-order valence-electron chi connectivity index (χ4n) is 4.30. The smallest absolute Gasteiger partial charge is 0.127 e.